The summed E-state index contributed by atoms with van der Waals surface area (Å²) >= 11 is 10.9. The maximum absolute atomic E-state index is 11.2. The molecule has 1 aromatic rings. The van der Waals surface area contributed by atoms with Crippen LogP contribution in [0, 0.1) is 0 Å². The van der Waals surface area contributed by atoms with Crippen LogP contribution in [0.2, 0.25) is 5.02 Å². The summed E-state index contributed by atoms with van der Waals surface area (Å²) in [5.74, 6) is 1.29. The molecule has 0 aromatic heterocycles. The number of hydrogen-bond donors (Lipinski definition) is 2. The molecule has 6 heteroatoms. The van der Waals surface area contributed by atoms with Crippen molar-refractivity contribution in [2.24, 2.45) is 5.73 Å². The van der Waals surface area contributed by atoms with Crippen molar-refractivity contribution in [1.29, 1.82) is 0 Å². The Morgan fingerprint density at radius 1 is 1.59 bits per heavy atom. The second kappa shape index (κ2) is 6.93. The lowest BCUT2D eigenvalue weighted by molar-refractivity contribution is 0.684. The van der Waals surface area contributed by atoms with E-state index in [0.717, 1.165) is 11.3 Å². The van der Waals surface area contributed by atoms with Crippen molar-refractivity contribution in [1.82, 2.24) is 0 Å². The van der Waals surface area contributed by atoms with Crippen LogP contribution >= 0.6 is 23.8 Å². The lowest BCUT2D eigenvalue weighted by Crippen LogP contribution is -2.13. The first-order chi connectivity index (χ1) is 8.04. The van der Waals surface area contributed by atoms with E-state index in [-0.39, 0.29) is 0 Å². The van der Waals surface area contributed by atoms with Gasteiger partial charge in [-0.05, 0) is 18.2 Å². The Labute approximate surface area is 114 Å². The minimum atomic E-state index is -0.765. The van der Waals surface area contributed by atoms with Crippen molar-refractivity contribution in [2.75, 3.05) is 23.4 Å². The normalized spacial score (nSPS) is 12.1. The second-order valence-electron chi connectivity index (χ2n) is 3.42. The molecule has 94 valence electrons. The Hall–Kier alpha value is -0.650. The predicted molar refractivity (Wildman–Crippen MR) is 79.4 cm³/mol. The highest BCUT2D eigenvalue weighted by Crippen LogP contribution is 2.22. The summed E-state index contributed by atoms with van der Waals surface area (Å²) in [7, 11) is -0.765. The average Bonchev–Trinajstić information content (AvgIpc) is 2.30. The maximum atomic E-state index is 11.2. The number of rotatable bonds is 6. The van der Waals surface area contributed by atoms with E-state index in [1.165, 1.54) is 0 Å². The molecule has 1 aromatic carbocycles. The van der Waals surface area contributed by atoms with Gasteiger partial charge in [0.25, 0.3) is 0 Å². The first-order valence-electron chi connectivity index (χ1n) is 5.22. The summed E-state index contributed by atoms with van der Waals surface area (Å²) in [4.78, 5) is 0.325. The summed E-state index contributed by atoms with van der Waals surface area (Å²) in [6.45, 7) is 2.53. The largest absolute Gasteiger partial charge is 0.389 e. The molecule has 0 saturated heterocycles. The zero-order valence-electron chi connectivity index (χ0n) is 9.53. The fraction of sp³-hybridized carbons (Fsp3) is 0.364. The van der Waals surface area contributed by atoms with Gasteiger partial charge in [0.1, 0.15) is 4.99 Å². The van der Waals surface area contributed by atoms with E-state index in [1.807, 2.05) is 19.1 Å². The van der Waals surface area contributed by atoms with Crippen molar-refractivity contribution in [3.63, 3.8) is 0 Å². The van der Waals surface area contributed by atoms with Gasteiger partial charge in [0.15, 0.2) is 0 Å². The summed E-state index contributed by atoms with van der Waals surface area (Å²) in [6.07, 6.45) is 0. The molecule has 0 amide bonds. The van der Waals surface area contributed by atoms with Gasteiger partial charge < -0.3 is 11.1 Å². The molecule has 0 saturated carbocycles. The fourth-order valence-corrected chi connectivity index (χ4v) is 2.25. The van der Waals surface area contributed by atoms with Crippen molar-refractivity contribution in [3.8, 4) is 0 Å². The third kappa shape index (κ3) is 4.61. The van der Waals surface area contributed by atoms with E-state index >= 15 is 0 Å². The molecule has 1 atom stereocenters. The van der Waals surface area contributed by atoms with Crippen LogP contribution in [0.5, 0.6) is 0 Å². The molecule has 3 N–H and O–H groups in total. The molecule has 0 spiro atoms. The highest BCUT2D eigenvalue weighted by molar-refractivity contribution is 7.84. The number of hydrogen-bond acceptors (Lipinski definition) is 3. The lowest BCUT2D eigenvalue weighted by atomic mass is 10.2. The Balaban J connectivity index is 2.60. The summed E-state index contributed by atoms with van der Waals surface area (Å²) in [5.41, 5.74) is 7.05. The number of anilines is 1. The second-order valence-corrected chi connectivity index (χ2v) is 6.13. The van der Waals surface area contributed by atoms with Crippen LogP contribution in [0.1, 0.15) is 12.5 Å². The zero-order chi connectivity index (χ0) is 12.8. The minimum absolute atomic E-state index is 0.325. The van der Waals surface area contributed by atoms with Crippen LogP contribution < -0.4 is 11.1 Å². The van der Waals surface area contributed by atoms with Gasteiger partial charge in [-0.15, -0.1) is 0 Å². The molecule has 0 fully saturated rings. The molecule has 3 nitrogen and oxygen atoms in total. The smallest absolute Gasteiger partial charge is 0.104 e. The fourth-order valence-electron chi connectivity index (χ4n) is 1.26. The van der Waals surface area contributed by atoms with E-state index in [1.54, 1.807) is 6.07 Å². The molecule has 0 aliphatic rings. The van der Waals surface area contributed by atoms with E-state index in [4.69, 9.17) is 29.6 Å². The Bertz CT molecular complexity index is 437. The number of benzene rings is 1. The highest BCUT2D eigenvalue weighted by Gasteiger charge is 2.03. The minimum Gasteiger partial charge on any atom is -0.389 e. The molecule has 0 bridgehead atoms. The summed E-state index contributed by atoms with van der Waals surface area (Å²) in [6, 6.07) is 5.36. The van der Waals surface area contributed by atoms with Crippen molar-refractivity contribution in [3.05, 3.63) is 28.8 Å². The topological polar surface area (TPSA) is 55.1 Å². The van der Waals surface area contributed by atoms with Crippen molar-refractivity contribution >= 4 is 45.3 Å². The molecule has 0 radical (unpaired) electrons. The first-order valence-corrected chi connectivity index (χ1v) is 7.50. The number of halogens is 1. The van der Waals surface area contributed by atoms with Crippen LogP contribution in [0.4, 0.5) is 5.69 Å². The van der Waals surface area contributed by atoms with Gasteiger partial charge in [-0.3, -0.25) is 4.21 Å². The van der Waals surface area contributed by atoms with Crippen LogP contribution in [0.3, 0.4) is 0 Å². The third-order valence-corrected chi connectivity index (χ3v) is 4.07. The summed E-state index contributed by atoms with van der Waals surface area (Å²) < 4.78 is 11.2. The quantitative estimate of drug-likeness (QED) is 0.788. The van der Waals surface area contributed by atoms with E-state index < -0.39 is 10.8 Å². The van der Waals surface area contributed by atoms with Gasteiger partial charge in [-0.25, -0.2) is 0 Å². The highest BCUT2D eigenvalue weighted by atomic mass is 35.5. The number of nitrogens with two attached hydrogens (primary N) is 1. The van der Waals surface area contributed by atoms with Gasteiger partial charge in [-0.2, -0.15) is 0 Å². The predicted octanol–water partition coefficient (Wildman–Crippen LogP) is 2.15. The van der Waals surface area contributed by atoms with Crippen molar-refractivity contribution in [2.45, 2.75) is 6.92 Å². The molecule has 1 rings (SSSR count). The van der Waals surface area contributed by atoms with Crippen molar-refractivity contribution < 1.29 is 4.21 Å². The lowest BCUT2D eigenvalue weighted by Gasteiger charge is -2.09. The Morgan fingerprint density at radius 3 is 2.82 bits per heavy atom. The van der Waals surface area contributed by atoms with Crippen LogP contribution in [0.25, 0.3) is 0 Å². The van der Waals surface area contributed by atoms with Gasteiger partial charge in [0.05, 0.1) is 10.7 Å². The molecule has 17 heavy (non-hydrogen) atoms. The van der Waals surface area contributed by atoms with Crippen LogP contribution in [0.15, 0.2) is 18.2 Å². The zero-order valence-corrected chi connectivity index (χ0v) is 11.9. The van der Waals surface area contributed by atoms with Crippen LogP contribution in [-0.4, -0.2) is 27.2 Å². The first kappa shape index (κ1) is 14.4. The Kier molecular flexibility index (Phi) is 5.88. The van der Waals surface area contributed by atoms with Gasteiger partial charge in [0, 0.05) is 34.4 Å². The van der Waals surface area contributed by atoms with E-state index in [0.29, 0.717) is 28.1 Å². The SMILES string of the molecule is CCS(=O)CCNc1ccc(C(N)=S)cc1Cl. The molecular weight excluding hydrogens is 276 g/mol. The standard InChI is InChI=1S/C11H15ClN2OS2/c1-2-17(15)6-5-14-10-4-3-8(11(13)16)7-9(10)12/h3-4,7,14H,2,5-6H2,1H3,(H2,13,16). The molecule has 0 aliphatic carbocycles. The number of thiocarbonyl (C=S) groups is 1. The average molecular weight is 291 g/mol. The van der Waals surface area contributed by atoms with Gasteiger partial charge in [0.2, 0.25) is 0 Å². The van der Waals surface area contributed by atoms with E-state index in [2.05, 4.69) is 5.32 Å². The van der Waals surface area contributed by atoms with Crippen LogP contribution in [-0.2, 0) is 10.8 Å². The Morgan fingerprint density at radius 2 is 2.29 bits per heavy atom. The maximum Gasteiger partial charge on any atom is 0.104 e. The van der Waals surface area contributed by atoms with Gasteiger partial charge >= 0.3 is 0 Å². The molecular formula is C11H15ClN2OS2. The molecule has 1 unspecified atom stereocenters. The number of nitrogens with one attached hydrogen (secondary N) is 1. The third-order valence-electron chi connectivity index (χ3n) is 2.22. The summed E-state index contributed by atoms with van der Waals surface area (Å²) in [5, 5.41) is 3.70. The molecule has 0 aliphatic heterocycles. The van der Waals surface area contributed by atoms with Gasteiger partial charge in [-0.1, -0.05) is 30.7 Å². The van der Waals surface area contributed by atoms with E-state index in [9.17, 15) is 4.21 Å². The molecule has 0 heterocycles. The monoisotopic (exact) mass is 290 g/mol.